The molecule has 1 aliphatic heterocycles. The molecule has 2 unspecified atom stereocenters. The lowest BCUT2D eigenvalue weighted by Gasteiger charge is -2.20. The molecule has 0 spiro atoms. The van der Waals surface area contributed by atoms with E-state index in [9.17, 15) is 4.79 Å². The first-order valence-electron chi connectivity index (χ1n) is 7.09. The second-order valence-electron chi connectivity index (χ2n) is 6.17. The number of carbonyl (C=O) groups excluding carboxylic acids is 1. The van der Waals surface area contributed by atoms with Gasteiger partial charge in [0.2, 0.25) is 5.54 Å². The van der Waals surface area contributed by atoms with Gasteiger partial charge in [-0.25, -0.2) is 11.4 Å². The van der Waals surface area contributed by atoms with Crippen LogP contribution in [0.15, 0.2) is 30.3 Å². The second-order valence-corrected chi connectivity index (χ2v) is 6.17. The minimum absolute atomic E-state index is 0.277. The van der Waals surface area contributed by atoms with Gasteiger partial charge in [0.05, 0.1) is 6.42 Å². The quantitative estimate of drug-likeness (QED) is 0.823. The summed E-state index contributed by atoms with van der Waals surface area (Å²) >= 11 is 0. The lowest BCUT2D eigenvalue weighted by molar-refractivity contribution is 0.213. The van der Waals surface area contributed by atoms with Gasteiger partial charge in [0.15, 0.2) is 0 Å². The van der Waals surface area contributed by atoms with Crippen molar-refractivity contribution in [1.82, 2.24) is 4.90 Å². The summed E-state index contributed by atoms with van der Waals surface area (Å²) in [5, 5.41) is 0. The van der Waals surface area contributed by atoms with Gasteiger partial charge in [0.25, 0.3) is 0 Å². The standard InChI is InChI=1S/C16H19N3O/c1-18-16(7-12-5-3-2-4-6-12)8-13-10-19(15(17)20)11-14(13)9-16/h2-6,13-14H,7-11H2,(H2,17,20). The number of nitrogens with zero attached hydrogens (tertiary/aromatic N) is 2. The predicted molar refractivity (Wildman–Crippen MR) is 76.8 cm³/mol. The molecule has 0 bridgehead atoms. The number of hydrogen-bond acceptors (Lipinski definition) is 1. The molecule has 1 saturated carbocycles. The Labute approximate surface area is 119 Å². The maximum Gasteiger partial charge on any atom is 0.314 e. The van der Waals surface area contributed by atoms with Gasteiger partial charge in [0, 0.05) is 25.9 Å². The molecule has 4 heteroatoms. The Hall–Kier alpha value is -2.02. The van der Waals surface area contributed by atoms with E-state index in [2.05, 4.69) is 17.0 Å². The van der Waals surface area contributed by atoms with Crippen LogP contribution < -0.4 is 5.73 Å². The van der Waals surface area contributed by atoms with Gasteiger partial charge >= 0.3 is 6.03 Å². The first kappa shape index (κ1) is 13.0. The van der Waals surface area contributed by atoms with Gasteiger partial charge in [-0.15, -0.1) is 0 Å². The Balaban J connectivity index is 1.72. The number of primary amides is 1. The average molecular weight is 269 g/mol. The van der Waals surface area contributed by atoms with E-state index in [0.717, 1.165) is 32.4 Å². The summed E-state index contributed by atoms with van der Waals surface area (Å²) in [5.74, 6) is 0.889. The van der Waals surface area contributed by atoms with Crippen molar-refractivity contribution >= 4 is 6.03 Å². The summed E-state index contributed by atoms with van der Waals surface area (Å²) in [7, 11) is 0. The van der Waals surface area contributed by atoms with Crippen LogP contribution in [0.4, 0.5) is 4.79 Å². The lowest BCUT2D eigenvalue weighted by Crippen LogP contribution is -2.36. The minimum atomic E-state index is -0.323. The van der Waals surface area contributed by atoms with Gasteiger partial charge in [-0.2, -0.15) is 0 Å². The molecule has 1 aliphatic carbocycles. The highest BCUT2D eigenvalue weighted by Gasteiger charge is 2.54. The Kier molecular flexibility index (Phi) is 3.13. The van der Waals surface area contributed by atoms with Crippen molar-refractivity contribution in [2.75, 3.05) is 13.1 Å². The summed E-state index contributed by atoms with van der Waals surface area (Å²) in [4.78, 5) is 17.0. The van der Waals surface area contributed by atoms with Crippen molar-refractivity contribution in [2.45, 2.75) is 24.8 Å². The fourth-order valence-corrected chi connectivity index (χ4v) is 3.89. The number of nitrogens with two attached hydrogens (primary N) is 1. The van der Waals surface area contributed by atoms with E-state index >= 15 is 0 Å². The van der Waals surface area contributed by atoms with Crippen LogP contribution in [0.2, 0.25) is 0 Å². The first-order valence-corrected chi connectivity index (χ1v) is 7.09. The van der Waals surface area contributed by atoms with Gasteiger partial charge in [-0.05, 0) is 17.4 Å². The third kappa shape index (κ3) is 2.24. The molecule has 1 aromatic carbocycles. The van der Waals surface area contributed by atoms with E-state index in [1.807, 2.05) is 18.2 Å². The van der Waals surface area contributed by atoms with E-state index in [1.54, 1.807) is 4.90 Å². The number of hydrogen-bond donors (Lipinski definition) is 1. The third-order valence-corrected chi connectivity index (χ3v) is 4.79. The summed E-state index contributed by atoms with van der Waals surface area (Å²) in [5.41, 5.74) is 6.31. The fraction of sp³-hybridized carbons (Fsp3) is 0.500. The Morgan fingerprint density at radius 3 is 2.40 bits per heavy atom. The molecule has 1 aromatic rings. The molecular weight excluding hydrogens is 250 g/mol. The summed E-state index contributed by atoms with van der Waals surface area (Å²) in [6.07, 6.45) is 2.60. The molecule has 3 rings (SSSR count). The maximum atomic E-state index is 11.2. The van der Waals surface area contributed by atoms with Crippen LogP contribution in [-0.2, 0) is 6.42 Å². The molecule has 2 atom stereocenters. The second kappa shape index (κ2) is 4.82. The monoisotopic (exact) mass is 269 g/mol. The highest BCUT2D eigenvalue weighted by molar-refractivity contribution is 5.72. The van der Waals surface area contributed by atoms with Crippen molar-refractivity contribution in [2.24, 2.45) is 17.6 Å². The van der Waals surface area contributed by atoms with Gasteiger partial charge in [-0.1, -0.05) is 30.3 Å². The number of carbonyl (C=O) groups is 1. The molecule has 1 saturated heterocycles. The Morgan fingerprint density at radius 2 is 1.90 bits per heavy atom. The molecule has 104 valence electrons. The zero-order valence-electron chi connectivity index (χ0n) is 11.5. The Morgan fingerprint density at radius 1 is 1.30 bits per heavy atom. The molecule has 2 N–H and O–H groups in total. The summed E-state index contributed by atoms with van der Waals surface area (Å²) in [6, 6.07) is 9.92. The van der Waals surface area contributed by atoms with Gasteiger partial charge in [0.1, 0.15) is 0 Å². The minimum Gasteiger partial charge on any atom is -0.351 e. The molecule has 0 radical (unpaired) electrons. The summed E-state index contributed by atoms with van der Waals surface area (Å²) < 4.78 is 0. The zero-order chi connectivity index (χ0) is 14.2. The van der Waals surface area contributed by atoms with Crippen LogP contribution in [0.25, 0.3) is 4.85 Å². The predicted octanol–water partition coefficient (Wildman–Crippen LogP) is 2.31. The molecule has 2 aliphatic rings. The number of likely N-dealkylation sites (tertiary alicyclic amines) is 1. The van der Waals surface area contributed by atoms with Crippen molar-refractivity contribution in [3.63, 3.8) is 0 Å². The smallest absolute Gasteiger partial charge is 0.314 e. The molecule has 2 fully saturated rings. The summed E-state index contributed by atoms with van der Waals surface area (Å²) in [6.45, 7) is 9.09. The Bertz CT molecular complexity index is 535. The van der Waals surface area contributed by atoms with E-state index in [-0.39, 0.29) is 11.6 Å². The molecule has 4 nitrogen and oxygen atoms in total. The number of rotatable bonds is 2. The lowest BCUT2D eigenvalue weighted by atomic mass is 9.88. The largest absolute Gasteiger partial charge is 0.351 e. The molecule has 1 heterocycles. The maximum absolute atomic E-state index is 11.2. The van der Waals surface area contributed by atoms with E-state index in [0.29, 0.717) is 11.8 Å². The fourth-order valence-electron chi connectivity index (χ4n) is 3.89. The van der Waals surface area contributed by atoms with Crippen LogP contribution in [-0.4, -0.2) is 29.6 Å². The van der Waals surface area contributed by atoms with Gasteiger partial charge < -0.3 is 15.5 Å². The number of amides is 2. The topological polar surface area (TPSA) is 50.7 Å². The highest BCUT2D eigenvalue weighted by Crippen LogP contribution is 2.47. The van der Waals surface area contributed by atoms with Crippen molar-refractivity contribution < 1.29 is 4.79 Å². The molecule has 2 amide bonds. The first-order chi connectivity index (χ1) is 9.62. The van der Waals surface area contributed by atoms with Crippen LogP contribution in [0.3, 0.4) is 0 Å². The van der Waals surface area contributed by atoms with Crippen LogP contribution in [0.1, 0.15) is 18.4 Å². The number of benzene rings is 1. The van der Waals surface area contributed by atoms with Crippen LogP contribution in [0, 0.1) is 18.4 Å². The third-order valence-electron chi connectivity index (χ3n) is 4.79. The van der Waals surface area contributed by atoms with Gasteiger partial charge in [-0.3, -0.25) is 0 Å². The van der Waals surface area contributed by atoms with Crippen molar-refractivity contribution in [3.8, 4) is 0 Å². The number of fused-ring (bicyclic) bond motifs is 1. The normalized spacial score (nSPS) is 31.9. The van der Waals surface area contributed by atoms with Crippen LogP contribution in [0.5, 0.6) is 0 Å². The zero-order valence-corrected chi connectivity index (χ0v) is 11.5. The molecule has 20 heavy (non-hydrogen) atoms. The number of urea groups is 1. The van der Waals surface area contributed by atoms with Crippen molar-refractivity contribution in [1.29, 1.82) is 0 Å². The average Bonchev–Trinajstić information content (AvgIpc) is 2.96. The van der Waals surface area contributed by atoms with E-state index < -0.39 is 0 Å². The van der Waals surface area contributed by atoms with Crippen LogP contribution >= 0.6 is 0 Å². The van der Waals surface area contributed by atoms with Crippen molar-refractivity contribution in [3.05, 3.63) is 47.3 Å². The molecular formula is C16H19N3O. The van der Waals surface area contributed by atoms with E-state index in [1.165, 1.54) is 5.56 Å². The van der Waals surface area contributed by atoms with E-state index in [4.69, 9.17) is 12.3 Å². The molecule has 0 aromatic heterocycles. The highest BCUT2D eigenvalue weighted by atomic mass is 16.2. The SMILES string of the molecule is [C-]#[N+]C1(Cc2ccccc2)CC2CN(C(N)=O)CC2C1.